The van der Waals surface area contributed by atoms with Crippen LogP contribution >= 0.6 is 0 Å². The summed E-state index contributed by atoms with van der Waals surface area (Å²) < 4.78 is 5.21. The summed E-state index contributed by atoms with van der Waals surface area (Å²) >= 11 is 0. The Bertz CT molecular complexity index is 490. The quantitative estimate of drug-likeness (QED) is 0.738. The lowest BCUT2D eigenvalue weighted by Crippen LogP contribution is -2.48. The first kappa shape index (κ1) is 12.7. The topological polar surface area (TPSA) is 63.6 Å². The van der Waals surface area contributed by atoms with Gasteiger partial charge in [0.15, 0.2) is 0 Å². The average molecular weight is 264 g/mol. The van der Waals surface area contributed by atoms with Gasteiger partial charge < -0.3 is 9.84 Å². The van der Waals surface area contributed by atoms with Gasteiger partial charge in [-0.2, -0.15) is 0 Å². The third-order valence-corrected chi connectivity index (χ3v) is 5.45. The summed E-state index contributed by atoms with van der Waals surface area (Å²) in [6.07, 6.45) is 3.76. The van der Waals surface area contributed by atoms with Crippen molar-refractivity contribution >= 4 is 11.9 Å². The molecule has 0 amide bonds. The Kier molecular flexibility index (Phi) is 2.42. The monoisotopic (exact) mass is 264 g/mol. The standard InChI is InChI=1S/C15H20O4/c1-8-13(18)19-6-11-10(12(16)17)4-9-5-14(2,3)7-15(8,9)11/h4,8-9,11H,5-7H2,1-3H3,(H,16,17)/t8?,9-,11+,15-/m0/s1. The van der Waals surface area contributed by atoms with Gasteiger partial charge >= 0.3 is 11.9 Å². The third kappa shape index (κ3) is 1.52. The van der Waals surface area contributed by atoms with Crippen molar-refractivity contribution in [3.05, 3.63) is 11.6 Å². The molecule has 1 spiro atoms. The summed E-state index contributed by atoms with van der Waals surface area (Å²) in [6.45, 7) is 6.55. The Balaban J connectivity index is 2.09. The summed E-state index contributed by atoms with van der Waals surface area (Å²) in [6, 6.07) is 0. The predicted molar refractivity (Wildman–Crippen MR) is 68.3 cm³/mol. The second-order valence-corrected chi connectivity index (χ2v) is 7.10. The fraction of sp³-hybridized carbons (Fsp3) is 0.733. The molecule has 1 aliphatic heterocycles. The van der Waals surface area contributed by atoms with Crippen molar-refractivity contribution in [1.82, 2.24) is 0 Å². The molecule has 0 bridgehead atoms. The summed E-state index contributed by atoms with van der Waals surface area (Å²) in [5.74, 6) is -1.18. The Labute approximate surface area is 112 Å². The van der Waals surface area contributed by atoms with Crippen LogP contribution in [-0.2, 0) is 14.3 Å². The maximum absolute atomic E-state index is 12.0. The van der Waals surface area contributed by atoms with Crippen LogP contribution in [0.4, 0.5) is 0 Å². The molecule has 1 heterocycles. The molecule has 0 aromatic heterocycles. The highest BCUT2D eigenvalue weighted by molar-refractivity contribution is 5.89. The van der Waals surface area contributed by atoms with E-state index in [1.165, 1.54) is 0 Å². The van der Waals surface area contributed by atoms with Crippen LogP contribution in [-0.4, -0.2) is 23.7 Å². The molecule has 3 aliphatic rings. The summed E-state index contributed by atoms with van der Waals surface area (Å²) in [5.41, 5.74) is 0.391. The van der Waals surface area contributed by atoms with Gasteiger partial charge in [0.25, 0.3) is 0 Å². The summed E-state index contributed by atoms with van der Waals surface area (Å²) in [5, 5.41) is 9.38. The van der Waals surface area contributed by atoms with E-state index in [4.69, 9.17) is 4.74 Å². The highest BCUT2D eigenvalue weighted by Crippen LogP contribution is 2.66. The van der Waals surface area contributed by atoms with Gasteiger partial charge in [-0.15, -0.1) is 0 Å². The molecule has 1 N–H and O–H groups in total. The van der Waals surface area contributed by atoms with Crippen molar-refractivity contribution in [3.63, 3.8) is 0 Å². The lowest BCUT2D eigenvalue weighted by molar-refractivity contribution is -0.169. The number of rotatable bonds is 1. The first-order valence-corrected chi connectivity index (χ1v) is 6.89. The normalized spacial score (nSPS) is 43.2. The van der Waals surface area contributed by atoms with Crippen molar-refractivity contribution in [2.24, 2.45) is 28.6 Å². The van der Waals surface area contributed by atoms with Gasteiger partial charge in [0.05, 0.1) is 12.5 Å². The number of carbonyl (C=O) groups is 2. The number of hydrogen-bond acceptors (Lipinski definition) is 3. The molecular formula is C15H20O4. The molecule has 0 aromatic carbocycles. The predicted octanol–water partition coefficient (Wildman–Crippen LogP) is 2.24. The molecule has 4 nitrogen and oxygen atoms in total. The van der Waals surface area contributed by atoms with Gasteiger partial charge in [0.1, 0.15) is 0 Å². The van der Waals surface area contributed by atoms with E-state index in [9.17, 15) is 14.7 Å². The van der Waals surface area contributed by atoms with E-state index in [0.29, 0.717) is 5.57 Å². The summed E-state index contributed by atoms with van der Waals surface area (Å²) in [4.78, 5) is 23.4. The number of carboxylic acid groups (broad SMARTS) is 1. The number of aliphatic carboxylic acids is 1. The fourth-order valence-corrected chi connectivity index (χ4v) is 4.79. The molecular weight excluding hydrogens is 244 g/mol. The molecule has 4 atom stereocenters. The smallest absolute Gasteiger partial charge is 0.331 e. The number of cyclic esters (lactones) is 1. The zero-order valence-electron chi connectivity index (χ0n) is 11.6. The van der Waals surface area contributed by atoms with E-state index in [0.717, 1.165) is 12.8 Å². The molecule has 1 saturated carbocycles. The van der Waals surface area contributed by atoms with Crippen LogP contribution in [0.5, 0.6) is 0 Å². The zero-order valence-corrected chi connectivity index (χ0v) is 11.6. The maximum atomic E-state index is 12.0. The highest BCUT2D eigenvalue weighted by Gasteiger charge is 2.65. The van der Waals surface area contributed by atoms with Gasteiger partial charge in [-0.1, -0.05) is 26.8 Å². The van der Waals surface area contributed by atoms with Gasteiger partial charge in [-0.25, -0.2) is 4.79 Å². The first-order valence-electron chi connectivity index (χ1n) is 6.89. The Hall–Kier alpha value is -1.32. The Morgan fingerprint density at radius 3 is 2.79 bits per heavy atom. The third-order valence-electron chi connectivity index (χ3n) is 5.45. The second kappa shape index (κ2) is 3.62. The molecule has 2 fully saturated rings. The Morgan fingerprint density at radius 2 is 2.16 bits per heavy atom. The lowest BCUT2D eigenvalue weighted by atomic mass is 9.61. The number of esters is 1. The zero-order chi connectivity index (χ0) is 14.0. The number of allylic oxidation sites excluding steroid dienone is 1. The maximum Gasteiger partial charge on any atom is 0.331 e. The van der Waals surface area contributed by atoms with E-state index in [1.807, 2.05) is 13.0 Å². The van der Waals surface area contributed by atoms with Gasteiger partial charge in [0, 0.05) is 16.9 Å². The number of hydrogen-bond donors (Lipinski definition) is 1. The number of carboxylic acids is 1. The van der Waals surface area contributed by atoms with E-state index >= 15 is 0 Å². The lowest BCUT2D eigenvalue weighted by Gasteiger charge is -2.45. The van der Waals surface area contributed by atoms with Crippen LogP contribution in [0.25, 0.3) is 0 Å². The molecule has 4 heteroatoms. The van der Waals surface area contributed by atoms with Crippen molar-refractivity contribution < 1.29 is 19.4 Å². The molecule has 2 aliphatic carbocycles. The van der Waals surface area contributed by atoms with Crippen molar-refractivity contribution in [2.75, 3.05) is 6.61 Å². The fourth-order valence-electron chi connectivity index (χ4n) is 4.79. The molecule has 0 aromatic rings. The van der Waals surface area contributed by atoms with Crippen LogP contribution in [0.2, 0.25) is 0 Å². The molecule has 3 rings (SSSR count). The number of carbonyl (C=O) groups excluding carboxylic acids is 1. The van der Waals surface area contributed by atoms with E-state index in [1.54, 1.807) is 0 Å². The van der Waals surface area contributed by atoms with Gasteiger partial charge in [-0.3, -0.25) is 4.79 Å². The van der Waals surface area contributed by atoms with Crippen molar-refractivity contribution in [3.8, 4) is 0 Å². The SMILES string of the molecule is CC1C(=O)OC[C@@H]2C(C(=O)O)=C[C@H]3CC(C)(C)C[C@@]123. The van der Waals surface area contributed by atoms with E-state index in [2.05, 4.69) is 13.8 Å². The average Bonchev–Trinajstić information content (AvgIpc) is 2.72. The Morgan fingerprint density at radius 1 is 1.47 bits per heavy atom. The van der Waals surface area contributed by atoms with E-state index < -0.39 is 5.97 Å². The minimum absolute atomic E-state index is 0.135. The van der Waals surface area contributed by atoms with Crippen LogP contribution in [0, 0.1) is 28.6 Å². The van der Waals surface area contributed by atoms with E-state index in [-0.39, 0.29) is 41.2 Å². The molecule has 19 heavy (non-hydrogen) atoms. The van der Waals surface area contributed by atoms with Crippen molar-refractivity contribution in [1.29, 1.82) is 0 Å². The van der Waals surface area contributed by atoms with Crippen LogP contribution in [0.1, 0.15) is 33.6 Å². The van der Waals surface area contributed by atoms with Gasteiger partial charge in [0.2, 0.25) is 0 Å². The van der Waals surface area contributed by atoms with Crippen LogP contribution in [0.15, 0.2) is 11.6 Å². The minimum atomic E-state index is -0.860. The largest absolute Gasteiger partial charge is 0.478 e. The molecule has 104 valence electrons. The van der Waals surface area contributed by atoms with Crippen molar-refractivity contribution in [2.45, 2.75) is 33.6 Å². The van der Waals surface area contributed by atoms with Crippen LogP contribution < -0.4 is 0 Å². The van der Waals surface area contributed by atoms with Crippen LogP contribution in [0.3, 0.4) is 0 Å². The molecule has 0 radical (unpaired) electrons. The summed E-state index contributed by atoms with van der Waals surface area (Å²) in [7, 11) is 0. The number of ether oxygens (including phenoxy) is 1. The van der Waals surface area contributed by atoms with Gasteiger partial charge in [-0.05, 0) is 24.2 Å². The second-order valence-electron chi connectivity index (χ2n) is 7.10. The first-order chi connectivity index (χ1) is 8.78. The highest BCUT2D eigenvalue weighted by atomic mass is 16.5. The molecule has 1 saturated heterocycles. The minimum Gasteiger partial charge on any atom is -0.478 e. The molecule has 1 unspecified atom stereocenters.